The van der Waals surface area contributed by atoms with Crippen LogP contribution >= 0.6 is 11.3 Å². The minimum atomic E-state index is -0.233. The quantitative estimate of drug-likeness (QED) is 0.865. The van der Waals surface area contributed by atoms with Crippen molar-refractivity contribution >= 4 is 34.0 Å². The van der Waals surface area contributed by atoms with Gasteiger partial charge in [-0.15, -0.1) is 11.3 Å². The van der Waals surface area contributed by atoms with Crippen molar-refractivity contribution in [2.45, 2.75) is 12.8 Å². The van der Waals surface area contributed by atoms with E-state index in [1.807, 2.05) is 17.5 Å². The number of nitrogens with one attached hydrogen (secondary N) is 2. The van der Waals surface area contributed by atoms with Crippen LogP contribution in [0.15, 0.2) is 35.7 Å². The Hall–Kier alpha value is -2.74. The van der Waals surface area contributed by atoms with E-state index < -0.39 is 0 Å². The number of urea groups is 1. The van der Waals surface area contributed by atoms with Crippen molar-refractivity contribution in [3.8, 4) is 11.5 Å². The van der Waals surface area contributed by atoms with Gasteiger partial charge in [-0.25, -0.2) is 4.79 Å². The summed E-state index contributed by atoms with van der Waals surface area (Å²) in [4.78, 5) is 26.7. The molecule has 0 saturated carbocycles. The Balaban J connectivity index is 1.36. The first-order valence-corrected chi connectivity index (χ1v) is 9.37. The number of anilines is 2. The molecule has 26 heavy (non-hydrogen) atoms. The zero-order valence-electron chi connectivity index (χ0n) is 14.1. The van der Waals surface area contributed by atoms with Gasteiger partial charge in [0.05, 0.1) is 10.9 Å². The Labute approximate surface area is 154 Å². The highest BCUT2D eigenvalue weighted by Crippen LogP contribution is 2.34. The first-order chi connectivity index (χ1) is 12.7. The number of rotatable bonds is 3. The predicted octanol–water partition coefficient (Wildman–Crippen LogP) is 3.36. The number of thiophene rings is 1. The van der Waals surface area contributed by atoms with Gasteiger partial charge in [0, 0.05) is 24.8 Å². The van der Waals surface area contributed by atoms with Crippen LogP contribution in [-0.4, -0.2) is 36.7 Å². The van der Waals surface area contributed by atoms with Gasteiger partial charge in [0.2, 0.25) is 12.7 Å². The van der Waals surface area contributed by atoms with Crippen LogP contribution in [0.4, 0.5) is 15.5 Å². The second kappa shape index (κ2) is 7.25. The van der Waals surface area contributed by atoms with E-state index in [0.717, 1.165) is 17.8 Å². The molecule has 8 heteroatoms. The Morgan fingerprint density at radius 1 is 1.15 bits per heavy atom. The summed E-state index contributed by atoms with van der Waals surface area (Å²) in [5, 5.41) is 8.51. The number of hydrogen-bond acceptors (Lipinski definition) is 5. The first kappa shape index (κ1) is 16.7. The highest BCUT2D eigenvalue weighted by atomic mass is 32.1. The number of fused-ring (bicyclic) bond motifs is 1. The normalized spacial score (nSPS) is 18.5. The number of carbonyl (C=O) groups excluding carboxylic acids is 2. The monoisotopic (exact) mass is 373 g/mol. The van der Waals surface area contributed by atoms with Gasteiger partial charge < -0.3 is 19.7 Å². The molecule has 4 rings (SSSR count). The number of likely N-dealkylation sites (tertiary alicyclic amines) is 1. The fraction of sp³-hybridized carbons (Fsp3) is 0.333. The molecule has 2 aliphatic rings. The van der Waals surface area contributed by atoms with Crippen LogP contribution in [0.5, 0.6) is 11.5 Å². The minimum absolute atomic E-state index is 0.0857. The zero-order chi connectivity index (χ0) is 17.9. The zero-order valence-corrected chi connectivity index (χ0v) is 14.9. The molecule has 2 aromatic rings. The maximum atomic E-state index is 12.6. The van der Waals surface area contributed by atoms with E-state index in [1.54, 1.807) is 23.1 Å². The van der Waals surface area contributed by atoms with Gasteiger partial charge in [-0.3, -0.25) is 10.1 Å². The fourth-order valence-electron chi connectivity index (χ4n) is 3.13. The smallest absolute Gasteiger partial charge is 0.322 e. The van der Waals surface area contributed by atoms with Crippen LogP contribution in [-0.2, 0) is 4.79 Å². The van der Waals surface area contributed by atoms with Crippen molar-refractivity contribution in [3.63, 3.8) is 0 Å². The molecule has 0 bridgehead atoms. The molecule has 1 fully saturated rings. The van der Waals surface area contributed by atoms with E-state index in [-0.39, 0.29) is 24.6 Å². The van der Waals surface area contributed by atoms with Gasteiger partial charge in [-0.1, -0.05) is 0 Å². The second-order valence-electron chi connectivity index (χ2n) is 6.25. The summed E-state index contributed by atoms with van der Waals surface area (Å²) in [6.07, 6.45) is 1.57. The van der Waals surface area contributed by atoms with Gasteiger partial charge in [0.1, 0.15) is 0 Å². The van der Waals surface area contributed by atoms with Crippen molar-refractivity contribution in [1.82, 2.24) is 4.90 Å². The minimum Gasteiger partial charge on any atom is -0.454 e. The molecule has 0 spiro atoms. The number of ether oxygens (including phenoxy) is 2. The van der Waals surface area contributed by atoms with E-state index in [2.05, 4.69) is 10.6 Å². The molecule has 1 aromatic carbocycles. The highest BCUT2D eigenvalue weighted by Gasteiger charge is 2.29. The number of amides is 3. The lowest BCUT2D eigenvalue weighted by Crippen LogP contribution is -2.45. The lowest BCUT2D eigenvalue weighted by Gasteiger charge is -2.31. The van der Waals surface area contributed by atoms with Crippen LogP contribution < -0.4 is 20.1 Å². The molecule has 0 radical (unpaired) electrons. The van der Waals surface area contributed by atoms with E-state index in [0.29, 0.717) is 30.3 Å². The summed E-state index contributed by atoms with van der Waals surface area (Å²) in [5.41, 5.74) is 0.666. The topological polar surface area (TPSA) is 79.9 Å². The molecular weight excluding hydrogens is 354 g/mol. The molecule has 3 amide bonds. The van der Waals surface area contributed by atoms with Gasteiger partial charge >= 0.3 is 6.03 Å². The first-order valence-electron chi connectivity index (χ1n) is 8.49. The Kier molecular flexibility index (Phi) is 4.66. The molecule has 1 aromatic heterocycles. The summed E-state index contributed by atoms with van der Waals surface area (Å²) < 4.78 is 10.6. The SMILES string of the molecule is O=C(Nc1ccc2c(c1)OCO2)C1CCCN(C(=O)Nc2cccs2)C1. The largest absolute Gasteiger partial charge is 0.454 e. The number of benzene rings is 1. The predicted molar refractivity (Wildman–Crippen MR) is 98.8 cm³/mol. The van der Waals surface area contributed by atoms with Gasteiger partial charge in [0.25, 0.3) is 0 Å². The molecule has 3 heterocycles. The molecule has 136 valence electrons. The third-order valence-corrected chi connectivity index (χ3v) is 5.26. The lowest BCUT2D eigenvalue weighted by molar-refractivity contribution is -0.121. The summed E-state index contributed by atoms with van der Waals surface area (Å²) in [7, 11) is 0. The molecule has 2 aliphatic heterocycles. The van der Waals surface area contributed by atoms with Crippen molar-refractivity contribution in [1.29, 1.82) is 0 Å². The van der Waals surface area contributed by atoms with Gasteiger partial charge in [-0.05, 0) is 42.5 Å². The Bertz CT molecular complexity index is 809. The summed E-state index contributed by atoms with van der Waals surface area (Å²) >= 11 is 1.47. The maximum absolute atomic E-state index is 12.6. The fourth-order valence-corrected chi connectivity index (χ4v) is 3.74. The van der Waals surface area contributed by atoms with Crippen molar-refractivity contribution in [2.24, 2.45) is 5.92 Å². The summed E-state index contributed by atoms with van der Waals surface area (Å²) in [5.74, 6) is 0.987. The van der Waals surface area contributed by atoms with E-state index >= 15 is 0 Å². The van der Waals surface area contributed by atoms with Gasteiger partial charge in [0.15, 0.2) is 11.5 Å². The van der Waals surface area contributed by atoms with Crippen LogP contribution in [0.25, 0.3) is 0 Å². The third-order valence-electron chi connectivity index (χ3n) is 4.47. The van der Waals surface area contributed by atoms with Crippen LogP contribution in [0.1, 0.15) is 12.8 Å². The standard InChI is InChI=1S/C18H19N3O4S/c22-17(19-13-5-6-14-15(9-13)25-11-24-14)12-3-1-7-21(10-12)18(23)20-16-4-2-8-26-16/h2,4-6,8-9,12H,1,3,7,10-11H2,(H,19,22)(H,20,23). The molecule has 0 aliphatic carbocycles. The van der Waals surface area contributed by atoms with Crippen molar-refractivity contribution in [2.75, 3.05) is 30.5 Å². The number of nitrogens with zero attached hydrogens (tertiary/aromatic N) is 1. The van der Waals surface area contributed by atoms with Crippen LogP contribution in [0.2, 0.25) is 0 Å². The van der Waals surface area contributed by atoms with Crippen LogP contribution in [0.3, 0.4) is 0 Å². The highest BCUT2D eigenvalue weighted by molar-refractivity contribution is 7.14. The molecule has 7 nitrogen and oxygen atoms in total. The third kappa shape index (κ3) is 3.60. The molecular formula is C18H19N3O4S. The average Bonchev–Trinajstić information content (AvgIpc) is 3.33. The van der Waals surface area contributed by atoms with Crippen molar-refractivity contribution in [3.05, 3.63) is 35.7 Å². The molecule has 2 N–H and O–H groups in total. The summed E-state index contributed by atoms with van der Waals surface area (Å²) in [6.45, 7) is 1.27. The summed E-state index contributed by atoms with van der Waals surface area (Å²) in [6, 6.07) is 8.90. The lowest BCUT2D eigenvalue weighted by atomic mass is 9.97. The van der Waals surface area contributed by atoms with E-state index in [1.165, 1.54) is 11.3 Å². The molecule has 1 unspecified atom stereocenters. The molecule has 1 saturated heterocycles. The van der Waals surface area contributed by atoms with Crippen LogP contribution in [0, 0.1) is 5.92 Å². The van der Waals surface area contributed by atoms with Crippen molar-refractivity contribution < 1.29 is 19.1 Å². The Morgan fingerprint density at radius 3 is 2.88 bits per heavy atom. The Morgan fingerprint density at radius 2 is 2.04 bits per heavy atom. The average molecular weight is 373 g/mol. The number of hydrogen-bond donors (Lipinski definition) is 2. The maximum Gasteiger partial charge on any atom is 0.322 e. The number of carbonyl (C=O) groups is 2. The second-order valence-corrected chi connectivity index (χ2v) is 7.20. The van der Waals surface area contributed by atoms with E-state index in [9.17, 15) is 9.59 Å². The molecule has 1 atom stereocenters. The van der Waals surface area contributed by atoms with E-state index in [4.69, 9.17) is 9.47 Å². The van der Waals surface area contributed by atoms with Gasteiger partial charge in [-0.2, -0.15) is 0 Å². The number of piperidine rings is 1.